The molecule has 0 radical (unpaired) electrons. The zero-order valence-corrected chi connectivity index (χ0v) is 17.4. The third-order valence-corrected chi connectivity index (χ3v) is 5.84. The van der Waals surface area contributed by atoms with Crippen molar-refractivity contribution in [3.63, 3.8) is 0 Å². The van der Waals surface area contributed by atoms with Crippen LogP contribution in [0.2, 0.25) is 0 Å². The van der Waals surface area contributed by atoms with Gasteiger partial charge in [0.2, 0.25) is 0 Å². The summed E-state index contributed by atoms with van der Waals surface area (Å²) in [5, 5.41) is 2.52. The van der Waals surface area contributed by atoms with Gasteiger partial charge in [0.05, 0.1) is 11.0 Å². The summed E-state index contributed by atoms with van der Waals surface area (Å²) in [7, 11) is 0. The maximum absolute atomic E-state index is 4.40. The van der Waals surface area contributed by atoms with E-state index in [2.05, 4.69) is 71.6 Å². The Bertz CT molecular complexity index is 1100. The molecular weight excluding hydrogens is 352 g/mol. The van der Waals surface area contributed by atoms with Crippen LogP contribution in [0.4, 0.5) is 0 Å². The monoisotopic (exact) mass is 382 g/mol. The van der Waals surface area contributed by atoms with E-state index in [4.69, 9.17) is 0 Å². The van der Waals surface area contributed by atoms with Gasteiger partial charge in [0, 0.05) is 28.9 Å². The molecule has 2 aromatic heterocycles. The summed E-state index contributed by atoms with van der Waals surface area (Å²) in [6.45, 7) is 6.14. The largest absolute Gasteiger partial charge is 0.309 e. The van der Waals surface area contributed by atoms with E-state index < -0.39 is 0 Å². The normalized spacial score (nSPS) is 11.3. The number of hydrogen-bond donors (Lipinski definition) is 0. The molecule has 2 nitrogen and oxygen atoms in total. The Morgan fingerprint density at radius 2 is 1.62 bits per heavy atom. The van der Waals surface area contributed by atoms with Crippen molar-refractivity contribution in [2.75, 3.05) is 0 Å². The molecule has 2 heterocycles. The lowest BCUT2D eigenvalue weighted by Crippen LogP contribution is -1.94. The van der Waals surface area contributed by atoms with Crippen LogP contribution in [0.15, 0.2) is 67.5 Å². The SMILES string of the molecule is C=Cc1ccc(-n2c3ccncc3c3cc(CCCCCCCC)ccc32)cc1. The van der Waals surface area contributed by atoms with Crippen molar-refractivity contribution in [3.8, 4) is 5.69 Å². The number of aromatic nitrogens is 2. The predicted octanol–water partition coefficient (Wildman–Crippen LogP) is 7.72. The molecule has 0 aliphatic carbocycles. The number of fused-ring (bicyclic) bond motifs is 3. The van der Waals surface area contributed by atoms with Gasteiger partial charge in [0.15, 0.2) is 0 Å². The lowest BCUT2D eigenvalue weighted by molar-refractivity contribution is 0.607. The van der Waals surface area contributed by atoms with Crippen molar-refractivity contribution in [3.05, 3.63) is 78.6 Å². The van der Waals surface area contributed by atoms with Crippen molar-refractivity contribution < 1.29 is 0 Å². The Morgan fingerprint density at radius 3 is 2.41 bits per heavy atom. The summed E-state index contributed by atoms with van der Waals surface area (Å²) in [5.74, 6) is 0. The highest BCUT2D eigenvalue weighted by molar-refractivity contribution is 6.09. The van der Waals surface area contributed by atoms with E-state index >= 15 is 0 Å². The van der Waals surface area contributed by atoms with Gasteiger partial charge in [-0.05, 0) is 54.3 Å². The minimum atomic E-state index is 1.14. The fraction of sp³-hybridized carbons (Fsp3) is 0.296. The molecule has 0 aliphatic heterocycles. The molecule has 0 fully saturated rings. The fourth-order valence-electron chi connectivity index (χ4n) is 4.22. The molecule has 0 aliphatic rings. The maximum Gasteiger partial charge on any atom is 0.0571 e. The van der Waals surface area contributed by atoms with Crippen molar-refractivity contribution in [1.82, 2.24) is 9.55 Å². The van der Waals surface area contributed by atoms with Crippen LogP contribution in [0.5, 0.6) is 0 Å². The van der Waals surface area contributed by atoms with Gasteiger partial charge in [0.1, 0.15) is 0 Å². The molecule has 0 atom stereocenters. The average molecular weight is 383 g/mol. The molecule has 0 amide bonds. The molecule has 4 rings (SSSR count). The van der Waals surface area contributed by atoms with Crippen molar-refractivity contribution in [1.29, 1.82) is 0 Å². The smallest absolute Gasteiger partial charge is 0.0571 e. The van der Waals surface area contributed by atoms with E-state index in [1.54, 1.807) is 0 Å². The summed E-state index contributed by atoms with van der Waals surface area (Å²) in [5.41, 5.74) is 6.19. The number of pyridine rings is 1. The highest BCUT2D eigenvalue weighted by atomic mass is 15.0. The van der Waals surface area contributed by atoms with Crippen molar-refractivity contribution in [2.45, 2.75) is 51.9 Å². The third-order valence-electron chi connectivity index (χ3n) is 5.84. The number of unbranched alkanes of at least 4 members (excludes halogenated alkanes) is 5. The van der Waals surface area contributed by atoms with E-state index in [0.29, 0.717) is 0 Å². The van der Waals surface area contributed by atoms with Crippen LogP contribution >= 0.6 is 0 Å². The summed E-state index contributed by atoms with van der Waals surface area (Å²) in [4.78, 5) is 4.40. The summed E-state index contributed by atoms with van der Waals surface area (Å²) < 4.78 is 2.34. The highest BCUT2D eigenvalue weighted by Gasteiger charge is 2.12. The standard InChI is InChI=1S/C27H30N2/c1-3-5-6-7-8-9-10-22-13-16-26-24(19-22)25-20-28-18-17-27(25)29(26)23-14-11-21(4-2)12-15-23/h4,11-20H,2-3,5-10H2,1H3. The number of nitrogens with zero attached hydrogens (tertiary/aromatic N) is 2. The van der Waals surface area contributed by atoms with Gasteiger partial charge < -0.3 is 4.57 Å². The van der Waals surface area contributed by atoms with Crippen LogP contribution in [0.1, 0.15) is 56.6 Å². The molecule has 4 aromatic rings. The minimum absolute atomic E-state index is 1.14. The third kappa shape index (κ3) is 4.12. The summed E-state index contributed by atoms with van der Waals surface area (Å²) in [6.07, 6.45) is 14.9. The van der Waals surface area contributed by atoms with Gasteiger partial charge in [-0.1, -0.05) is 69.9 Å². The molecule has 0 saturated carbocycles. The topological polar surface area (TPSA) is 17.8 Å². The Balaban J connectivity index is 1.66. The molecule has 0 bridgehead atoms. The van der Waals surface area contributed by atoms with E-state index in [1.807, 2.05) is 18.5 Å². The van der Waals surface area contributed by atoms with Gasteiger partial charge in [-0.25, -0.2) is 0 Å². The van der Waals surface area contributed by atoms with Crippen LogP contribution < -0.4 is 0 Å². The maximum atomic E-state index is 4.40. The quantitative estimate of drug-likeness (QED) is 0.271. The summed E-state index contributed by atoms with van der Waals surface area (Å²) in [6, 6.07) is 17.6. The van der Waals surface area contributed by atoms with Crippen molar-refractivity contribution >= 4 is 27.9 Å². The van der Waals surface area contributed by atoms with E-state index in [1.165, 1.54) is 71.6 Å². The lowest BCUT2D eigenvalue weighted by Gasteiger charge is -2.08. The van der Waals surface area contributed by atoms with Gasteiger partial charge in [-0.2, -0.15) is 0 Å². The first-order valence-corrected chi connectivity index (χ1v) is 10.9. The molecular formula is C27H30N2. The van der Waals surface area contributed by atoms with Gasteiger partial charge >= 0.3 is 0 Å². The fourth-order valence-corrected chi connectivity index (χ4v) is 4.22. The molecule has 148 valence electrons. The van der Waals surface area contributed by atoms with E-state index in [0.717, 1.165) is 12.0 Å². The first-order chi connectivity index (χ1) is 14.3. The van der Waals surface area contributed by atoms with E-state index in [9.17, 15) is 0 Å². The lowest BCUT2D eigenvalue weighted by atomic mass is 10.0. The van der Waals surface area contributed by atoms with Crippen LogP contribution in [0.25, 0.3) is 33.6 Å². The molecule has 0 N–H and O–H groups in total. The second-order valence-electron chi connectivity index (χ2n) is 7.89. The Hall–Kier alpha value is -2.87. The Labute approximate surface area is 173 Å². The number of hydrogen-bond acceptors (Lipinski definition) is 1. The molecule has 0 unspecified atom stereocenters. The first kappa shape index (κ1) is 19.4. The predicted molar refractivity (Wildman–Crippen MR) is 126 cm³/mol. The zero-order valence-electron chi connectivity index (χ0n) is 17.4. The number of rotatable bonds is 9. The molecule has 2 heteroatoms. The molecule has 2 aromatic carbocycles. The van der Waals surface area contributed by atoms with Gasteiger partial charge in [0.25, 0.3) is 0 Å². The average Bonchev–Trinajstić information content (AvgIpc) is 3.10. The zero-order chi connectivity index (χ0) is 20.1. The summed E-state index contributed by atoms with van der Waals surface area (Å²) >= 11 is 0. The van der Waals surface area contributed by atoms with Crippen LogP contribution in [-0.4, -0.2) is 9.55 Å². The number of benzene rings is 2. The number of aryl methyl sites for hydroxylation is 1. The second-order valence-corrected chi connectivity index (χ2v) is 7.89. The second kappa shape index (κ2) is 9.09. The first-order valence-electron chi connectivity index (χ1n) is 10.9. The van der Waals surface area contributed by atoms with Crippen LogP contribution in [-0.2, 0) is 6.42 Å². The minimum Gasteiger partial charge on any atom is -0.309 e. The van der Waals surface area contributed by atoms with Crippen LogP contribution in [0.3, 0.4) is 0 Å². The Morgan fingerprint density at radius 1 is 0.862 bits per heavy atom. The molecule has 0 spiro atoms. The highest BCUT2D eigenvalue weighted by Crippen LogP contribution is 2.32. The van der Waals surface area contributed by atoms with Gasteiger partial charge in [-0.3, -0.25) is 4.98 Å². The van der Waals surface area contributed by atoms with E-state index in [-0.39, 0.29) is 0 Å². The molecule has 29 heavy (non-hydrogen) atoms. The molecule has 0 saturated heterocycles. The Kier molecular flexibility index (Phi) is 6.09. The van der Waals surface area contributed by atoms with Crippen LogP contribution in [0, 0.1) is 0 Å². The van der Waals surface area contributed by atoms with Gasteiger partial charge in [-0.15, -0.1) is 0 Å². The van der Waals surface area contributed by atoms with Crippen molar-refractivity contribution in [2.24, 2.45) is 0 Å².